The van der Waals surface area contributed by atoms with Gasteiger partial charge in [0.1, 0.15) is 5.25 Å². The van der Waals surface area contributed by atoms with E-state index >= 15 is 0 Å². The molecule has 2 aromatic carbocycles. The van der Waals surface area contributed by atoms with Crippen LogP contribution in [-0.2, 0) is 11.0 Å². The summed E-state index contributed by atoms with van der Waals surface area (Å²) in [4.78, 5) is 17.3. The van der Waals surface area contributed by atoms with Gasteiger partial charge < -0.3 is 11.2 Å². The van der Waals surface area contributed by atoms with Crippen LogP contribution in [0.5, 0.6) is 0 Å². The van der Waals surface area contributed by atoms with Gasteiger partial charge >= 0.3 is 6.18 Å². The predicted octanol–water partition coefficient (Wildman–Crippen LogP) is 5.20. The standard InChI is InChI=1S/C22H16ClF3N6OS/c23-16-9-8-15(22(24,25)26)11-17(16)29-20(33)18(13-5-2-1-3-6-13)34-21-31-30-19(32(21)27)14-7-4-10-28-12-14/h1-12,18H,27H2,(H,29,33). The van der Waals surface area contributed by atoms with Gasteiger partial charge in [0.15, 0.2) is 5.82 Å². The third kappa shape index (κ3) is 5.15. The fourth-order valence-corrected chi connectivity index (χ4v) is 4.17. The highest BCUT2D eigenvalue weighted by atomic mass is 35.5. The van der Waals surface area contributed by atoms with E-state index in [1.54, 1.807) is 54.9 Å². The molecule has 1 amide bonds. The third-order valence-electron chi connectivity index (χ3n) is 4.70. The van der Waals surface area contributed by atoms with Crippen LogP contribution in [0.1, 0.15) is 16.4 Å². The van der Waals surface area contributed by atoms with Crippen LogP contribution in [0.4, 0.5) is 18.9 Å². The Morgan fingerprint density at radius 3 is 2.53 bits per heavy atom. The number of benzene rings is 2. The van der Waals surface area contributed by atoms with Gasteiger partial charge in [-0.1, -0.05) is 53.7 Å². The summed E-state index contributed by atoms with van der Waals surface area (Å²) in [6.45, 7) is 0. The average molecular weight is 505 g/mol. The van der Waals surface area contributed by atoms with E-state index in [9.17, 15) is 18.0 Å². The fraction of sp³-hybridized carbons (Fsp3) is 0.0909. The smallest absolute Gasteiger partial charge is 0.335 e. The first-order valence-electron chi connectivity index (χ1n) is 9.74. The van der Waals surface area contributed by atoms with Gasteiger partial charge in [-0.3, -0.25) is 9.78 Å². The zero-order valence-corrected chi connectivity index (χ0v) is 18.8. The lowest BCUT2D eigenvalue weighted by Gasteiger charge is -2.18. The number of amides is 1. The van der Waals surface area contributed by atoms with Crippen molar-refractivity contribution in [2.24, 2.45) is 0 Å². The van der Waals surface area contributed by atoms with Crippen molar-refractivity contribution in [1.82, 2.24) is 19.9 Å². The molecule has 7 nitrogen and oxygen atoms in total. The number of nitrogens with two attached hydrogens (primary N) is 1. The van der Waals surface area contributed by atoms with Crippen molar-refractivity contribution in [3.8, 4) is 11.4 Å². The molecule has 4 rings (SSSR count). The lowest BCUT2D eigenvalue weighted by atomic mass is 10.1. The molecule has 0 bridgehead atoms. The second kappa shape index (κ2) is 9.74. The molecule has 0 radical (unpaired) electrons. The number of hydrogen-bond donors (Lipinski definition) is 2. The number of halogens is 4. The van der Waals surface area contributed by atoms with Crippen molar-refractivity contribution in [1.29, 1.82) is 0 Å². The molecule has 2 heterocycles. The van der Waals surface area contributed by atoms with Crippen molar-refractivity contribution >= 4 is 35.0 Å². The van der Waals surface area contributed by atoms with Crippen LogP contribution in [0.3, 0.4) is 0 Å². The largest absolute Gasteiger partial charge is 0.416 e. The number of nitrogen functional groups attached to an aromatic ring is 1. The highest BCUT2D eigenvalue weighted by Crippen LogP contribution is 2.38. The molecule has 12 heteroatoms. The van der Waals surface area contributed by atoms with E-state index in [0.717, 1.165) is 30.0 Å². The summed E-state index contributed by atoms with van der Waals surface area (Å²) >= 11 is 7.05. The van der Waals surface area contributed by atoms with Crippen molar-refractivity contribution in [3.05, 3.63) is 89.2 Å². The monoisotopic (exact) mass is 504 g/mol. The summed E-state index contributed by atoms with van der Waals surface area (Å²) in [6.07, 6.45) is -1.42. The number of anilines is 1. The van der Waals surface area contributed by atoms with Gasteiger partial charge in [-0.2, -0.15) is 13.2 Å². The van der Waals surface area contributed by atoms with Crippen LogP contribution in [0.25, 0.3) is 11.4 Å². The zero-order valence-electron chi connectivity index (χ0n) is 17.2. The molecule has 4 aromatic rings. The van der Waals surface area contributed by atoms with E-state index in [1.807, 2.05) is 0 Å². The van der Waals surface area contributed by atoms with E-state index in [1.165, 1.54) is 4.68 Å². The number of alkyl halides is 3. The number of thioether (sulfide) groups is 1. The van der Waals surface area contributed by atoms with Gasteiger partial charge in [0, 0.05) is 18.0 Å². The molecule has 0 spiro atoms. The van der Waals surface area contributed by atoms with Crippen LogP contribution < -0.4 is 11.2 Å². The first-order chi connectivity index (χ1) is 16.2. The van der Waals surface area contributed by atoms with E-state index in [2.05, 4.69) is 20.5 Å². The van der Waals surface area contributed by atoms with Crippen LogP contribution in [0.15, 0.2) is 78.2 Å². The molecule has 1 atom stereocenters. The molecule has 1 unspecified atom stereocenters. The van der Waals surface area contributed by atoms with Gasteiger partial charge in [-0.15, -0.1) is 10.2 Å². The molecule has 174 valence electrons. The Labute approximate surface area is 201 Å². The summed E-state index contributed by atoms with van der Waals surface area (Å²) in [5, 5.41) is 9.93. The fourth-order valence-electron chi connectivity index (χ4n) is 3.05. The number of hydrogen-bond acceptors (Lipinski definition) is 6. The first-order valence-corrected chi connectivity index (χ1v) is 11.0. The van der Waals surface area contributed by atoms with Crippen LogP contribution in [0, 0.1) is 0 Å². The number of nitrogens with zero attached hydrogens (tertiary/aromatic N) is 4. The lowest BCUT2D eigenvalue weighted by molar-refractivity contribution is -0.137. The number of carbonyl (C=O) groups is 1. The normalized spacial score (nSPS) is 12.4. The van der Waals surface area contributed by atoms with Gasteiger partial charge in [-0.25, -0.2) is 4.68 Å². The Morgan fingerprint density at radius 1 is 1.09 bits per heavy atom. The van der Waals surface area contributed by atoms with E-state index in [-0.39, 0.29) is 15.9 Å². The number of aromatic nitrogens is 4. The third-order valence-corrected chi connectivity index (χ3v) is 6.24. The van der Waals surface area contributed by atoms with Crippen LogP contribution in [0.2, 0.25) is 5.02 Å². The molecule has 0 aliphatic heterocycles. The maximum absolute atomic E-state index is 13.2. The Morgan fingerprint density at radius 2 is 1.85 bits per heavy atom. The zero-order chi connectivity index (χ0) is 24.3. The second-order valence-corrected chi connectivity index (χ2v) is 8.49. The summed E-state index contributed by atoms with van der Waals surface area (Å²) in [6, 6.07) is 14.9. The molecule has 0 saturated heterocycles. The quantitative estimate of drug-likeness (QED) is 0.277. The van der Waals surface area contributed by atoms with Crippen molar-refractivity contribution in [2.45, 2.75) is 16.6 Å². The van der Waals surface area contributed by atoms with E-state index in [0.29, 0.717) is 17.0 Å². The molecular formula is C22H16ClF3N6OS. The summed E-state index contributed by atoms with van der Waals surface area (Å²) < 4.78 is 40.6. The minimum atomic E-state index is -4.59. The number of carbonyl (C=O) groups excluding carboxylic acids is 1. The molecule has 0 aliphatic rings. The predicted molar refractivity (Wildman–Crippen MR) is 124 cm³/mol. The topological polar surface area (TPSA) is 98.7 Å². The first kappa shape index (κ1) is 23.6. The number of rotatable bonds is 6. The van der Waals surface area contributed by atoms with Crippen molar-refractivity contribution in [3.63, 3.8) is 0 Å². The Kier molecular flexibility index (Phi) is 6.75. The van der Waals surface area contributed by atoms with Crippen molar-refractivity contribution in [2.75, 3.05) is 11.2 Å². The second-order valence-electron chi connectivity index (χ2n) is 7.01. The summed E-state index contributed by atoms with van der Waals surface area (Å²) in [7, 11) is 0. The Bertz CT molecular complexity index is 1300. The SMILES string of the molecule is Nn1c(SC(C(=O)Nc2cc(C(F)(F)F)ccc2Cl)c2ccccc2)nnc1-c1cccnc1. The Hall–Kier alpha value is -3.57. The molecule has 3 N–H and O–H groups in total. The highest BCUT2D eigenvalue weighted by molar-refractivity contribution is 8.00. The minimum Gasteiger partial charge on any atom is -0.335 e. The van der Waals surface area contributed by atoms with Gasteiger partial charge in [0.05, 0.1) is 16.3 Å². The molecule has 0 saturated carbocycles. The molecular weight excluding hydrogens is 489 g/mol. The Balaban J connectivity index is 1.65. The maximum Gasteiger partial charge on any atom is 0.416 e. The molecule has 0 fully saturated rings. The van der Waals surface area contributed by atoms with E-state index < -0.39 is 22.9 Å². The van der Waals surface area contributed by atoms with Crippen LogP contribution >= 0.6 is 23.4 Å². The van der Waals surface area contributed by atoms with Gasteiger partial charge in [0.25, 0.3) is 0 Å². The van der Waals surface area contributed by atoms with Gasteiger partial charge in [0.2, 0.25) is 11.1 Å². The number of pyridine rings is 1. The maximum atomic E-state index is 13.2. The lowest BCUT2D eigenvalue weighted by Crippen LogP contribution is -2.21. The molecule has 0 aliphatic carbocycles. The highest BCUT2D eigenvalue weighted by Gasteiger charge is 2.32. The molecule has 34 heavy (non-hydrogen) atoms. The van der Waals surface area contributed by atoms with Gasteiger partial charge in [-0.05, 0) is 35.9 Å². The summed E-state index contributed by atoms with van der Waals surface area (Å²) in [5.74, 6) is 5.90. The van der Waals surface area contributed by atoms with Crippen LogP contribution in [-0.4, -0.2) is 25.8 Å². The van der Waals surface area contributed by atoms with Crippen molar-refractivity contribution < 1.29 is 18.0 Å². The number of nitrogens with one attached hydrogen (secondary N) is 1. The average Bonchev–Trinajstić information content (AvgIpc) is 3.19. The minimum absolute atomic E-state index is 0.0287. The van der Waals surface area contributed by atoms with E-state index in [4.69, 9.17) is 17.4 Å². The summed E-state index contributed by atoms with van der Waals surface area (Å²) in [5.41, 5.74) is 0.118. The molecule has 2 aromatic heterocycles.